The number of hydrogen-bond donors (Lipinski definition) is 0. The lowest BCUT2D eigenvalue weighted by molar-refractivity contribution is -0.384. The van der Waals surface area contributed by atoms with E-state index < -0.39 is 10.3 Å². The van der Waals surface area contributed by atoms with Gasteiger partial charge in [0.15, 0.2) is 6.61 Å². The van der Waals surface area contributed by atoms with Crippen molar-refractivity contribution >= 4 is 23.3 Å². The number of benzene rings is 2. The number of ether oxygens (including phenoxy) is 1. The number of esters is 1. The number of halogens is 1. The van der Waals surface area contributed by atoms with Crippen molar-refractivity contribution in [2.45, 2.75) is 37.7 Å². The fraction of sp³-hybridized carbons (Fsp3) is 0.286. The van der Waals surface area contributed by atoms with Crippen LogP contribution in [0.3, 0.4) is 0 Å². The van der Waals surface area contributed by atoms with Gasteiger partial charge < -0.3 is 9.26 Å². The molecule has 1 saturated carbocycles. The molecule has 0 atom stereocenters. The number of rotatable bonds is 6. The Bertz CT molecular complexity index is 1060. The van der Waals surface area contributed by atoms with Gasteiger partial charge in [-0.2, -0.15) is 4.98 Å². The maximum atomic E-state index is 13.0. The second-order valence-electron chi connectivity index (χ2n) is 7.19. The minimum absolute atomic E-state index is 0.0274. The molecule has 0 unspecified atom stereocenters. The van der Waals surface area contributed by atoms with Crippen LogP contribution in [0.25, 0.3) is 11.4 Å². The van der Waals surface area contributed by atoms with Crippen LogP contribution in [0.4, 0.5) is 5.69 Å². The fourth-order valence-electron chi connectivity index (χ4n) is 3.79. The van der Waals surface area contributed by atoms with Gasteiger partial charge in [0.05, 0.1) is 10.3 Å². The Morgan fingerprint density at radius 3 is 2.43 bits per heavy atom. The van der Waals surface area contributed by atoms with Crippen LogP contribution in [0.5, 0.6) is 0 Å². The molecule has 0 aliphatic heterocycles. The van der Waals surface area contributed by atoms with E-state index in [1.54, 1.807) is 12.1 Å². The van der Waals surface area contributed by atoms with E-state index in [1.165, 1.54) is 24.3 Å². The summed E-state index contributed by atoms with van der Waals surface area (Å²) in [5.41, 5.74) is 0.744. The first kappa shape index (κ1) is 20.0. The number of non-ortho nitro benzene ring substituents is 1. The first-order chi connectivity index (χ1) is 14.5. The zero-order valence-electron chi connectivity index (χ0n) is 15.9. The lowest BCUT2D eigenvalue weighted by atomic mass is 9.79. The van der Waals surface area contributed by atoms with Gasteiger partial charge >= 0.3 is 5.97 Å². The molecule has 0 spiro atoms. The van der Waals surface area contributed by atoms with Crippen molar-refractivity contribution in [3.63, 3.8) is 0 Å². The molecule has 1 heterocycles. The van der Waals surface area contributed by atoms with Crippen LogP contribution in [0, 0.1) is 10.1 Å². The number of nitrogens with zero attached hydrogens (tertiary/aromatic N) is 3. The number of hydrogen-bond acceptors (Lipinski definition) is 7. The molecule has 1 fully saturated rings. The zero-order valence-corrected chi connectivity index (χ0v) is 16.7. The van der Waals surface area contributed by atoms with Crippen LogP contribution in [0.2, 0.25) is 5.02 Å². The van der Waals surface area contributed by atoms with Gasteiger partial charge in [0.25, 0.3) is 11.6 Å². The van der Waals surface area contributed by atoms with Crippen molar-refractivity contribution < 1.29 is 19.0 Å². The minimum atomic E-state index is -0.689. The first-order valence-electron chi connectivity index (χ1n) is 9.49. The highest BCUT2D eigenvalue weighted by Crippen LogP contribution is 2.42. The van der Waals surface area contributed by atoms with Crippen molar-refractivity contribution in [2.24, 2.45) is 0 Å². The monoisotopic (exact) mass is 427 g/mol. The van der Waals surface area contributed by atoms with E-state index >= 15 is 0 Å². The minimum Gasteiger partial charge on any atom is -0.455 e. The third-order valence-corrected chi connectivity index (χ3v) is 5.63. The SMILES string of the molecule is O=C(OCc1nc(-c2ccc([N+](=O)[O-])cc2)no1)C1(c2ccc(Cl)cc2)CCCC1. The predicted octanol–water partition coefficient (Wildman–Crippen LogP) is 4.85. The molecule has 154 valence electrons. The number of nitro groups is 1. The lowest BCUT2D eigenvalue weighted by Gasteiger charge is -2.27. The molecule has 9 heteroatoms. The summed E-state index contributed by atoms with van der Waals surface area (Å²) in [6, 6.07) is 13.1. The molecule has 0 radical (unpaired) electrons. The summed E-state index contributed by atoms with van der Waals surface area (Å²) in [5, 5.41) is 15.2. The molecule has 1 aliphatic carbocycles. The summed E-state index contributed by atoms with van der Waals surface area (Å²) < 4.78 is 10.7. The van der Waals surface area contributed by atoms with Gasteiger partial charge in [-0.3, -0.25) is 14.9 Å². The van der Waals surface area contributed by atoms with E-state index in [-0.39, 0.29) is 30.0 Å². The maximum Gasteiger partial charge on any atom is 0.317 e. The molecular weight excluding hydrogens is 410 g/mol. The Labute approximate surface area is 177 Å². The number of nitro benzene ring substituents is 1. The highest BCUT2D eigenvalue weighted by Gasteiger charge is 2.44. The van der Waals surface area contributed by atoms with Crippen molar-refractivity contribution in [3.05, 3.63) is 75.1 Å². The highest BCUT2D eigenvalue weighted by atomic mass is 35.5. The van der Waals surface area contributed by atoms with E-state index in [0.29, 0.717) is 23.4 Å². The van der Waals surface area contributed by atoms with Gasteiger partial charge in [0, 0.05) is 22.7 Å². The smallest absolute Gasteiger partial charge is 0.317 e. The number of carbonyl (C=O) groups is 1. The van der Waals surface area contributed by atoms with Crippen molar-refractivity contribution in [1.82, 2.24) is 10.1 Å². The Balaban J connectivity index is 1.46. The second kappa shape index (κ2) is 8.23. The molecule has 8 nitrogen and oxygen atoms in total. The average molecular weight is 428 g/mol. The van der Waals surface area contributed by atoms with Crippen LogP contribution >= 0.6 is 11.6 Å². The lowest BCUT2D eigenvalue weighted by Crippen LogP contribution is -2.34. The van der Waals surface area contributed by atoms with Gasteiger partial charge in [-0.05, 0) is 42.7 Å². The summed E-state index contributed by atoms with van der Waals surface area (Å²) in [6.45, 7) is -0.145. The molecular formula is C21H18ClN3O5. The quantitative estimate of drug-likeness (QED) is 0.314. The van der Waals surface area contributed by atoms with Gasteiger partial charge in [0.1, 0.15) is 0 Å². The standard InChI is InChI=1S/C21H18ClN3O5/c22-16-7-5-15(6-8-16)21(11-1-2-12-21)20(26)29-13-18-23-19(24-30-18)14-3-9-17(10-4-14)25(27)28/h3-10H,1-2,11-13H2. The first-order valence-corrected chi connectivity index (χ1v) is 9.86. The van der Waals surface area contributed by atoms with Gasteiger partial charge in [-0.25, -0.2) is 0 Å². The third-order valence-electron chi connectivity index (χ3n) is 5.38. The molecule has 4 rings (SSSR count). The summed E-state index contributed by atoms with van der Waals surface area (Å²) in [6.07, 6.45) is 3.32. The van der Waals surface area contributed by atoms with Crippen molar-refractivity contribution in [3.8, 4) is 11.4 Å². The molecule has 3 aromatic rings. The van der Waals surface area contributed by atoms with Gasteiger partial charge in [-0.1, -0.05) is 41.7 Å². The summed E-state index contributed by atoms with van der Waals surface area (Å²) >= 11 is 5.98. The van der Waals surface area contributed by atoms with E-state index in [0.717, 1.165) is 18.4 Å². The molecule has 0 bridgehead atoms. The van der Waals surface area contributed by atoms with Crippen LogP contribution in [0.1, 0.15) is 37.1 Å². The fourth-order valence-corrected chi connectivity index (χ4v) is 3.91. The van der Waals surface area contributed by atoms with Crippen molar-refractivity contribution in [2.75, 3.05) is 0 Å². The topological polar surface area (TPSA) is 108 Å². The summed E-state index contributed by atoms with van der Waals surface area (Å²) in [7, 11) is 0. The molecule has 0 N–H and O–H groups in total. The molecule has 0 saturated heterocycles. The average Bonchev–Trinajstić information content (AvgIpc) is 3.43. The van der Waals surface area contributed by atoms with Crippen molar-refractivity contribution in [1.29, 1.82) is 0 Å². The van der Waals surface area contributed by atoms with E-state index in [9.17, 15) is 14.9 Å². The van der Waals surface area contributed by atoms with Crippen LogP contribution < -0.4 is 0 Å². The Hall–Kier alpha value is -3.26. The van der Waals surface area contributed by atoms with E-state index in [4.69, 9.17) is 20.9 Å². The Morgan fingerprint density at radius 2 is 1.80 bits per heavy atom. The Morgan fingerprint density at radius 1 is 1.13 bits per heavy atom. The number of carbonyl (C=O) groups excluding carboxylic acids is 1. The largest absolute Gasteiger partial charge is 0.455 e. The predicted molar refractivity (Wildman–Crippen MR) is 108 cm³/mol. The van der Waals surface area contributed by atoms with Crippen LogP contribution in [-0.2, 0) is 21.6 Å². The third kappa shape index (κ3) is 3.91. The van der Waals surface area contributed by atoms with E-state index in [2.05, 4.69) is 10.1 Å². The van der Waals surface area contributed by atoms with Gasteiger partial charge in [0.2, 0.25) is 5.82 Å². The van der Waals surface area contributed by atoms with Crippen LogP contribution in [0.15, 0.2) is 53.1 Å². The summed E-state index contributed by atoms with van der Waals surface area (Å²) in [4.78, 5) is 27.5. The second-order valence-corrected chi connectivity index (χ2v) is 7.62. The summed E-state index contributed by atoms with van der Waals surface area (Å²) in [5.74, 6) is 0.0996. The highest BCUT2D eigenvalue weighted by molar-refractivity contribution is 6.30. The van der Waals surface area contributed by atoms with Crippen LogP contribution in [-0.4, -0.2) is 21.0 Å². The molecule has 30 heavy (non-hydrogen) atoms. The Kier molecular flexibility index (Phi) is 5.50. The maximum absolute atomic E-state index is 13.0. The molecule has 2 aromatic carbocycles. The number of aromatic nitrogens is 2. The molecule has 1 aliphatic rings. The van der Waals surface area contributed by atoms with E-state index in [1.807, 2.05) is 12.1 Å². The molecule has 1 aromatic heterocycles. The normalized spacial score (nSPS) is 15.1. The zero-order chi connectivity index (χ0) is 21.1. The molecule has 0 amide bonds. The van der Waals surface area contributed by atoms with Gasteiger partial charge in [-0.15, -0.1) is 0 Å².